The van der Waals surface area contributed by atoms with Crippen LogP contribution in [0.4, 0.5) is 4.79 Å². The lowest BCUT2D eigenvalue weighted by molar-refractivity contribution is -0.128. The summed E-state index contributed by atoms with van der Waals surface area (Å²) in [6, 6.07) is 0. The molecule has 0 aromatic rings. The molecule has 0 aromatic carbocycles. The van der Waals surface area contributed by atoms with Crippen LogP contribution in [0.5, 0.6) is 0 Å². The molecule has 0 aromatic heterocycles. The number of piperidine rings is 1. The van der Waals surface area contributed by atoms with Crippen molar-refractivity contribution in [3.8, 4) is 0 Å². The Morgan fingerprint density at radius 3 is 2.28 bits per heavy atom. The van der Waals surface area contributed by atoms with Crippen LogP contribution < -0.4 is 5.73 Å². The maximum atomic E-state index is 12.0. The highest BCUT2D eigenvalue weighted by Crippen LogP contribution is 2.35. The van der Waals surface area contributed by atoms with Gasteiger partial charge in [0.2, 0.25) is 5.91 Å². The zero-order valence-corrected chi connectivity index (χ0v) is 11.9. The summed E-state index contributed by atoms with van der Waals surface area (Å²) in [5.74, 6) is -0.472. The van der Waals surface area contributed by atoms with Crippen LogP contribution in [-0.2, 0) is 9.53 Å². The average molecular weight is 256 g/mol. The van der Waals surface area contributed by atoms with E-state index in [-0.39, 0.29) is 23.3 Å². The molecule has 0 radical (unpaired) electrons. The van der Waals surface area contributed by atoms with Gasteiger partial charge >= 0.3 is 6.09 Å². The summed E-state index contributed by atoms with van der Waals surface area (Å²) < 4.78 is 5.34. The molecule has 1 fully saturated rings. The van der Waals surface area contributed by atoms with Gasteiger partial charge in [-0.1, -0.05) is 13.8 Å². The van der Waals surface area contributed by atoms with Gasteiger partial charge in [-0.2, -0.15) is 0 Å². The third-order valence-corrected chi connectivity index (χ3v) is 3.22. The van der Waals surface area contributed by atoms with E-state index in [9.17, 15) is 9.59 Å². The second-order valence-corrected chi connectivity index (χ2v) is 6.63. The number of carbonyl (C=O) groups excluding carboxylic acids is 2. The first-order chi connectivity index (χ1) is 8.03. The van der Waals surface area contributed by atoms with E-state index < -0.39 is 5.60 Å². The van der Waals surface area contributed by atoms with Crippen LogP contribution in [0.3, 0.4) is 0 Å². The Hall–Kier alpha value is -1.26. The standard InChI is InChI=1S/C13H24N2O3/c1-12(2,3)18-11(17)15-7-6-9(10(14)16)13(4,5)8-15/h9H,6-8H2,1-5H3,(H2,14,16). The lowest BCUT2D eigenvalue weighted by Gasteiger charge is -2.42. The fraction of sp³-hybridized carbons (Fsp3) is 0.846. The van der Waals surface area contributed by atoms with Gasteiger partial charge in [-0.05, 0) is 32.6 Å². The highest BCUT2D eigenvalue weighted by molar-refractivity contribution is 5.78. The normalized spacial score (nSPS) is 23.6. The monoisotopic (exact) mass is 256 g/mol. The van der Waals surface area contributed by atoms with Crippen molar-refractivity contribution in [2.24, 2.45) is 17.1 Å². The molecule has 0 saturated carbocycles. The number of nitrogens with two attached hydrogens (primary N) is 1. The zero-order valence-electron chi connectivity index (χ0n) is 11.9. The van der Waals surface area contributed by atoms with Gasteiger partial charge in [-0.15, -0.1) is 0 Å². The minimum Gasteiger partial charge on any atom is -0.444 e. The number of nitrogens with zero attached hydrogens (tertiary/aromatic N) is 1. The highest BCUT2D eigenvalue weighted by Gasteiger charge is 2.41. The van der Waals surface area contributed by atoms with Gasteiger partial charge < -0.3 is 15.4 Å². The van der Waals surface area contributed by atoms with Gasteiger partial charge in [-0.25, -0.2) is 4.79 Å². The fourth-order valence-electron chi connectivity index (χ4n) is 2.37. The molecule has 1 rings (SSSR count). The van der Waals surface area contributed by atoms with E-state index in [0.717, 1.165) is 0 Å². The third kappa shape index (κ3) is 3.62. The minimum atomic E-state index is -0.498. The summed E-state index contributed by atoms with van der Waals surface area (Å²) in [6.07, 6.45) is 0.278. The summed E-state index contributed by atoms with van der Waals surface area (Å²) in [7, 11) is 0. The Labute approximate surface area is 109 Å². The molecule has 5 nitrogen and oxygen atoms in total. The Morgan fingerprint density at radius 1 is 1.33 bits per heavy atom. The van der Waals surface area contributed by atoms with Crippen molar-refractivity contribution in [2.75, 3.05) is 13.1 Å². The maximum absolute atomic E-state index is 12.0. The molecule has 1 atom stereocenters. The van der Waals surface area contributed by atoms with Crippen LogP contribution in [0.1, 0.15) is 41.0 Å². The topological polar surface area (TPSA) is 72.6 Å². The first-order valence-corrected chi connectivity index (χ1v) is 6.30. The molecular formula is C13H24N2O3. The molecule has 1 aliphatic heterocycles. The smallest absolute Gasteiger partial charge is 0.410 e. The molecule has 2 amide bonds. The molecular weight excluding hydrogens is 232 g/mol. The predicted molar refractivity (Wildman–Crippen MR) is 68.9 cm³/mol. The van der Waals surface area contributed by atoms with Gasteiger partial charge in [0.25, 0.3) is 0 Å². The molecule has 0 spiro atoms. The summed E-state index contributed by atoms with van der Waals surface area (Å²) >= 11 is 0. The van der Waals surface area contributed by atoms with E-state index in [1.165, 1.54) is 0 Å². The second kappa shape index (κ2) is 4.78. The van der Waals surface area contributed by atoms with Crippen LogP contribution in [-0.4, -0.2) is 35.6 Å². The number of hydrogen-bond acceptors (Lipinski definition) is 3. The Balaban J connectivity index is 2.69. The Bertz CT molecular complexity index is 345. The molecule has 0 bridgehead atoms. The average Bonchev–Trinajstić information content (AvgIpc) is 2.12. The largest absolute Gasteiger partial charge is 0.444 e. The lowest BCUT2D eigenvalue weighted by Crippen LogP contribution is -2.52. The lowest BCUT2D eigenvalue weighted by atomic mass is 9.73. The number of carbonyl (C=O) groups is 2. The molecule has 104 valence electrons. The predicted octanol–water partition coefficient (Wildman–Crippen LogP) is 1.75. The van der Waals surface area contributed by atoms with Gasteiger partial charge in [0.1, 0.15) is 5.60 Å². The summed E-state index contributed by atoms with van der Waals surface area (Å²) in [5.41, 5.74) is 4.59. The number of amides is 2. The van der Waals surface area contributed by atoms with Crippen LogP contribution in [0.2, 0.25) is 0 Å². The molecule has 1 saturated heterocycles. The van der Waals surface area contributed by atoms with Crippen molar-refractivity contribution in [1.82, 2.24) is 4.90 Å². The second-order valence-electron chi connectivity index (χ2n) is 6.63. The van der Waals surface area contributed by atoms with Crippen molar-refractivity contribution in [3.63, 3.8) is 0 Å². The van der Waals surface area contributed by atoms with Gasteiger partial charge in [0.05, 0.1) is 0 Å². The molecule has 2 N–H and O–H groups in total. The van der Waals surface area contributed by atoms with Crippen LogP contribution >= 0.6 is 0 Å². The van der Waals surface area contributed by atoms with Gasteiger partial charge in [-0.3, -0.25) is 4.79 Å². The van der Waals surface area contributed by atoms with E-state index in [1.807, 2.05) is 34.6 Å². The minimum absolute atomic E-state index is 0.184. The Morgan fingerprint density at radius 2 is 1.89 bits per heavy atom. The summed E-state index contributed by atoms with van der Waals surface area (Å²) in [5, 5.41) is 0. The quantitative estimate of drug-likeness (QED) is 0.777. The number of rotatable bonds is 1. The molecule has 1 unspecified atom stereocenters. The van der Waals surface area contributed by atoms with E-state index in [1.54, 1.807) is 4.90 Å². The SMILES string of the molecule is CC(C)(C)OC(=O)N1CCC(C(N)=O)C(C)(C)C1. The molecule has 5 heteroatoms. The molecule has 1 aliphatic rings. The van der Waals surface area contributed by atoms with Crippen molar-refractivity contribution >= 4 is 12.0 Å². The van der Waals surface area contributed by atoms with Crippen molar-refractivity contribution in [3.05, 3.63) is 0 Å². The zero-order chi connectivity index (χ0) is 14.1. The van der Waals surface area contributed by atoms with E-state index >= 15 is 0 Å². The first-order valence-electron chi connectivity index (χ1n) is 6.30. The molecule has 1 heterocycles. The molecule has 0 aliphatic carbocycles. The van der Waals surface area contributed by atoms with Crippen molar-refractivity contribution < 1.29 is 14.3 Å². The summed E-state index contributed by atoms with van der Waals surface area (Å²) in [4.78, 5) is 25.0. The number of primary amides is 1. The number of ether oxygens (including phenoxy) is 1. The van der Waals surface area contributed by atoms with Crippen LogP contribution in [0, 0.1) is 11.3 Å². The van der Waals surface area contributed by atoms with Gasteiger partial charge in [0, 0.05) is 19.0 Å². The number of hydrogen-bond donors (Lipinski definition) is 1. The maximum Gasteiger partial charge on any atom is 0.410 e. The fourth-order valence-corrected chi connectivity index (χ4v) is 2.37. The number of likely N-dealkylation sites (tertiary alicyclic amines) is 1. The first kappa shape index (κ1) is 14.8. The van der Waals surface area contributed by atoms with Crippen LogP contribution in [0.25, 0.3) is 0 Å². The molecule has 18 heavy (non-hydrogen) atoms. The third-order valence-electron chi connectivity index (χ3n) is 3.22. The van der Waals surface area contributed by atoms with Crippen LogP contribution in [0.15, 0.2) is 0 Å². The van der Waals surface area contributed by atoms with Gasteiger partial charge in [0.15, 0.2) is 0 Å². The van der Waals surface area contributed by atoms with Crippen molar-refractivity contribution in [2.45, 2.75) is 46.6 Å². The van der Waals surface area contributed by atoms with Crippen molar-refractivity contribution in [1.29, 1.82) is 0 Å². The van der Waals surface area contributed by atoms with E-state index in [4.69, 9.17) is 10.5 Å². The van der Waals surface area contributed by atoms with E-state index in [2.05, 4.69) is 0 Å². The summed E-state index contributed by atoms with van der Waals surface area (Å²) in [6.45, 7) is 10.4. The highest BCUT2D eigenvalue weighted by atomic mass is 16.6. The van der Waals surface area contributed by atoms with E-state index in [0.29, 0.717) is 19.5 Å². The Kier molecular flexibility index (Phi) is 3.93.